The smallest absolute Gasteiger partial charge is 0.289 e. The van der Waals surface area contributed by atoms with Gasteiger partial charge in [-0.2, -0.15) is 0 Å². The summed E-state index contributed by atoms with van der Waals surface area (Å²) in [5.74, 6) is -0.470. The van der Waals surface area contributed by atoms with Crippen LogP contribution in [0.2, 0.25) is 0 Å². The molecule has 0 aliphatic carbocycles. The van der Waals surface area contributed by atoms with Gasteiger partial charge in [-0.15, -0.1) is 0 Å². The molecule has 1 N–H and O–H groups in total. The number of para-hydroxylation sites is 1. The molecule has 3 aromatic rings. The molecule has 4 heterocycles. The van der Waals surface area contributed by atoms with Gasteiger partial charge < -0.3 is 9.88 Å². The first-order valence-corrected chi connectivity index (χ1v) is 10.4. The lowest BCUT2D eigenvalue weighted by molar-refractivity contribution is -0.138. The Morgan fingerprint density at radius 1 is 1.17 bits per heavy atom. The Bertz CT molecular complexity index is 1110. The van der Waals surface area contributed by atoms with Crippen LogP contribution < -0.4 is 0 Å². The van der Waals surface area contributed by atoms with Crippen LogP contribution in [0.15, 0.2) is 48.7 Å². The Kier molecular flexibility index (Phi) is 4.35. The number of fused-ring (bicyclic) bond motifs is 3. The highest BCUT2D eigenvalue weighted by Crippen LogP contribution is 2.37. The van der Waals surface area contributed by atoms with Crippen molar-refractivity contribution in [3.63, 3.8) is 0 Å². The number of hydrogen-bond acceptors (Lipinski definition) is 5. The normalized spacial score (nSPS) is 19.1. The zero-order valence-corrected chi connectivity index (χ0v) is 16.3. The SMILES string of the molecule is O=C1CSC(=O)N1CC(=O)N1CCc2c([nH]c3ccccc23)C1c1ccccn1. The monoisotopic (exact) mass is 406 g/mol. The van der Waals surface area contributed by atoms with E-state index in [0.29, 0.717) is 13.0 Å². The molecule has 3 amide bonds. The fourth-order valence-corrected chi connectivity index (χ4v) is 4.84. The molecule has 0 spiro atoms. The summed E-state index contributed by atoms with van der Waals surface area (Å²) in [7, 11) is 0. The van der Waals surface area contributed by atoms with E-state index in [-0.39, 0.29) is 35.4 Å². The maximum absolute atomic E-state index is 13.2. The van der Waals surface area contributed by atoms with Crippen molar-refractivity contribution < 1.29 is 14.4 Å². The number of rotatable bonds is 3. The van der Waals surface area contributed by atoms with E-state index in [4.69, 9.17) is 0 Å². The maximum Gasteiger partial charge on any atom is 0.289 e. The number of nitrogens with one attached hydrogen (secondary N) is 1. The third kappa shape index (κ3) is 3.00. The standard InChI is InChI=1S/C21H18N4O3S/c26-17(11-25-18(27)12-29-21(25)28)24-10-8-14-13-5-1-2-6-15(13)23-19(14)20(24)16-7-3-4-9-22-16/h1-7,9,20,23H,8,10-12H2. The van der Waals surface area contributed by atoms with Crippen LogP contribution in [0, 0.1) is 0 Å². The zero-order valence-electron chi connectivity index (χ0n) is 15.5. The molecule has 0 bridgehead atoms. The molecule has 2 aliphatic rings. The summed E-state index contributed by atoms with van der Waals surface area (Å²) < 4.78 is 0. The molecule has 0 radical (unpaired) electrons. The van der Waals surface area contributed by atoms with Gasteiger partial charge >= 0.3 is 0 Å². The van der Waals surface area contributed by atoms with Crippen molar-refractivity contribution in [1.29, 1.82) is 0 Å². The number of nitrogens with zero attached hydrogens (tertiary/aromatic N) is 3. The van der Waals surface area contributed by atoms with Gasteiger partial charge in [0.05, 0.1) is 11.4 Å². The van der Waals surface area contributed by atoms with E-state index >= 15 is 0 Å². The average Bonchev–Trinajstić information content (AvgIpc) is 3.28. The van der Waals surface area contributed by atoms with Crippen LogP contribution in [-0.4, -0.2) is 55.7 Å². The summed E-state index contributed by atoms with van der Waals surface area (Å²) in [6.45, 7) is 0.266. The second kappa shape index (κ2) is 7.04. The molecule has 1 unspecified atom stereocenters. The molecule has 1 fully saturated rings. The van der Waals surface area contributed by atoms with Crippen molar-refractivity contribution in [2.75, 3.05) is 18.8 Å². The zero-order chi connectivity index (χ0) is 20.0. The second-order valence-corrected chi connectivity index (χ2v) is 8.02. The van der Waals surface area contributed by atoms with Gasteiger partial charge in [0.1, 0.15) is 12.6 Å². The molecule has 2 aromatic heterocycles. The molecular weight excluding hydrogens is 388 g/mol. The molecular formula is C21H18N4O3S. The largest absolute Gasteiger partial charge is 0.356 e. The number of benzene rings is 1. The Morgan fingerprint density at radius 3 is 2.76 bits per heavy atom. The Labute approximate surface area is 171 Å². The van der Waals surface area contributed by atoms with E-state index in [1.54, 1.807) is 11.1 Å². The van der Waals surface area contributed by atoms with Crippen molar-refractivity contribution >= 4 is 39.7 Å². The molecule has 7 nitrogen and oxygen atoms in total. The van der Waals surface area contributed by atoms with Crippen LogP contribution in [0.5, 0.6) is 0 Å². The van der Waals surface area contributed by atoms with E-state index in [0.717, 1.165) is 39.0 Å². The van der Waals surface area contributed by atoms with Gasteiger partial charge in [-0.25, -0.2) is 0 Å². The van der Waals surface area contributed by atoms with Gasteiger partial charge in [-0.05, 0) is 30.2 Å². The molecule has 5 rings (SSSR count). The lowest BCUT2D eigenvalue weighted by Crippen LogP contribution is -2.46. The minimum Gasteiger partial charge on any atom is -0.356 e. The summed E-state index contributed by atoms with van der Waals surface area (Å²) in [5.41, 5.74) is 3.90. The lowest BCUT2D eigenvalue weighted by Gasteiger charge is -2.36. The van der Waals surface area contributed by atoms with E-state index in [1.807, 2.05) is 36.4 Å². The van der Waals surface area contributed by atoms with Gasteiger partial charge in [0.15, 0.2) is 0 Å². The van der Waals surface area contributed by atoms with Gasteiger partial charge in [0.2, 0.25) is 11.8 Å². The number of imide groups is 1. The number of carbonyl (C=O) groups excluding carboxylic acids is 3. The van der Waals surface area contributed by atoms with Crippen LogP contribution in [-0.2, 0) is 16.0 Å². The third-order valence-electron chi connectivity index (χ3n) is 5.46. The average molecular weight is 406 g/mol. The Balaban J connectivity index is 1.55. The topological polar surface area (TPSA) is 86.4 Å². The summed E-state index contributed by atoms with van der Waals surface area (Å²) in [5, 5.41) is 0.790. The molecule has 8 heteroatoms. The van der Waals surface area contributed by atoms with Gasteiger partial charge in [0, 0.05) is 29.3 Å². The van der Waals surface area contributed by atoms with Crippen LogP contribution in [0.3, 0.4) is 0 Å². The molecule has 1 atom stereocenters. The number of pyridine rings is 1. The number of carbonyl (C=O) groups is 3. The highest BCUT2D eigenvalue weighted by molar-refractivity contribution is 8.14. The van der Waals surface area contributed by atoms with Gasteiger partial charge in [0.25, 0.3) is 5.24 Å². The highest BCUT2D eigenvalue weighted by atomic mass is 32.2. The minimum absolute atomic E-state index is 0.0992. The molecule has 29 heavy (non-hydrogen) atoms. The van der Waals surface area contributed by atoms with E-state index in [9.17, 15) is 14.4 Å². The molecule has 2 aliphatic heterocycles. The van der Waals surface area contributed by atoms with Gasteiger partial charge in [-0.1, -0.05) is 36.0 Å². The van der Waals surface area contributed by atoms with Crippen molar-refractivity contribution in [2.24, 2.45) is 0 Å². The Hall–Kier alpha value is -3.13. The fraction of sp³-hybridized carbons (Fsp3) is 0.238. The van der Waals surface area contributed by atoms with Crippen molar-refractivity contribution in [1.82, 2.24) is 19.8 Å². The lowest BCUT2D eigenvalue weighted by atomic mass is 9.94. The summed E-state index contributed by atoms with van der Waals surface area (Å²) in [6.07, 6.45) is 2.41. The van der Waals surface area contributed by atoms with Crippen LogP contribution >= 0.6 is 11.8 Å². The number of aromatic nitrogens is 2. The van der Waals surface area contributed by atoms with Crippen LogP contribution in [0.25, 0.3) is 10.9 Å². The van der Waals surface area contributed by atoms with E-state index in [2.05, 4.69) is 16.0 Å². The Morgan fingerprint density at radius 2 is 2.00 bits per heavy atom. The number of H-pyrrole nitrogens is 1. The predicted octanol–water partition coefficient (Wildman–Crippen LogP) is 2.73. The van der Waals surface area contributed by atoms with Crippen LogP contribution in [0.1, 0.15) is 23.0 Å². The number of hydrogen-bond donors (Lipinski definition) is 1. The molecule has 1 aromatic carbocycles. The first kappa shape index (κ1) is 17.9. The second-order valence-electron chi connectivity index (χ2n) is 7.09. The predicted molar refractivity (Wildman–Crippen MR) is 109 cm³/mol. The van der Waals surface area contributed by atoms with E-state index < -0.39 is 0 Å². The molecule has 146 valence electrons. The van der Waals surface area contributed by atoms with Crippen molar-refractivity contribution in [3.8, 4) is 0 Å². The summed E-state index contributed by atoms with van der Waals surface area (Å²) in [6, 6.07) is 13.3. The number of amides is 3. The first-order valence-electron chi connectivity index (χ1n) is 9.40. The number of thioether (sulfide) groups is 1. The molecule has 0 saturated carbocycles. The summed E-state index contributed by atoms with van der Waals surface area (Å²) in [4.78, 5) is 47.8. The highest BCUT2D eigenvalue weighted by Gasteiger charge is 2.38. The van der Waals surface area contributed by atoms with E-state index in [1.165, 1.54) is 5.56 Å². The van der Waals surface area contributed by atoms with Crippen molar-refractivity contribution in [2.45, 2.75) is 12.5 Å². The van der Waals surface area contributed by atoms with Crippen molar-refractivity contribution in [3.05, 3.63) is 65.6 Å². The maximum atomic E-state index is 13.2. The fourth-order valence-electron chi connectivity index (χ4n) is 4.11. The number of aromatic amines is 1. The van der Waals surface area contributed by atoms with Crippen LogP contribution in [0.4, 0.5) is 4.79 Å². The quantitative estimate of drug-likeness (QED) is 0.723. The molecule has 1 saturated heterocycles. The first-order chi connectivity index (χ1) is 14.1. The van der Waals surface area contributed by atoms with Gasteiger partial charge in [-0.3, -0.25) is 24.3 Å². The minimum atomic E-state index is -0.389. The summed E-state index contributed by atoms with van der Waals surface area (Å²) >= 11 is 0.939. The third-order valence-corrected chi connectivity index (χ3v) is 6.32.